The van der Waals surface area contributed by atoms with Crippen molar-refractivity contribution in [2.45, 2.75) is 23.6 Å². The van der Waals surface area contributed by atoms with Crippen LogP contribution in [0.1, 0.15) is 34.6 Å². The summed E-state index contributed by atoms with van der Waals surface area (Å²) in [6.45, 7) is 10.9. The Morgan fingerprint density at radius 2 is 1.03 bits per heavy atom. The zero-order valence-electron chi connectivity index (χ0n) is 16.3. The lowest BCUT2D eigenvalue weighted by Crippen LogP contribution is -2.09. The fraction of sp³-hybridized carbons (Fsp3) is 0.182. The molecule has 0 aromatic heterocycles. The standard InChI is InChI=1S/C22H22O6S/c1-15(2)13-27-21(23)17-5-9-19(10-6-17)29(25,26)20-11-7-18(8-12-20)22(24)28-14-16(3)4/h5-12H,1,3,13-14H2,2,4H3. The topological polar surface area (TPSA) is 86.7 Å². The highest BCUT2D eigenvalue weighted by molar-refractivity contribution is 7.91. The van der Waals surface area contributed by atoms with Crippen LogP contribution >= 0.6 is 0 Å². The maximum atomic E-state index is 12.8. The van der Waals surface area contributed by atoms with Gasteiger partial charge in [0.2, 0.25) is 9.84 Å². The van der Waals surface area contributed by atoms with E-state index in [9.17, 15) is 18.0 Å². The summed E-state index contributed by atoms with van der Waals surface area (Å²) in [7, 11) is -3.81. The van der Waals surface area contributed by atoms with E-state index in [4.69, 9.17) is 9.47 Å². The molecule has 29 heavy (non-hydrogen) atoms. The molecule has 152 valence electrons. The van der Waals surface area contributed by atoms with Crippen molar-refractivity contribution in [3.8, 4) is 0 Å². The molecule has 0 atom stereocenters. The molecule has 2 rings (SSSR count). The van der Waals surface area contributed by atoms with Gasteiger partial charge in [-0.1, -0.05) is 13.2 Å². The summed E-state index contributed by atoms with van der Waals surface area (Å²) in [6.07, 6.45) is 0. The summed E-state index contributed by atoms with van der Waals surface area (Å²) in [5.74, 6) is -1.12. The lowest BCUT2D eigenvalue weighted by atomic mass is 10.2. The quantitative estimate of drug-likeness (QED) is 0.480. The van der Waals surface area contributed by atoms with E-state index in [2.05, 4.69) is 13.2 Å². The highest BCUT2D eigenvalue weighted by Gasteiger charge is 2.19. The molecule has 0 spiro atoms. The van der Waals surface area contributed by atoms with E-state index in [1.807, 2.05) is 0 Å². The minimum atomic E-state index is -3.81. The van der Waals surface area contributed by atoms with Gasteiger partial charge in [-0.25, -0.2) is 18.0 Å². The molecule has 0 aliphatic carbocycles. The minimum Gasteiger partial charge on any atom is -0.458 e. The van der Waals surface area contributed by atoms with Crippen molar-refractivity contribution >= 4 is 21.8 Å². The smallest absolute Gasteiger partial charge is 0.338 e. The van der Waals surface area contributed by atoms with Crippen molar-refractivity contribution in [1.29, 1.82) is 0 Å². The lowest BCUT2D eigenvalue weighted by Gasteiger charge is -2.08. The summed E-state index contributed by atoms with van der Waals surface area (Å²) in [5, 5.41) is 0. The van der Waals surface area contributed by atoms with E-state index in [1.54, 1.807) is 13.8 Å². The normalized spacial score (nSPS) is 10.8. The average molecular weight is 414 g/mol. The molecule has 0 bridgehead atoms. The number of carbonyl (C=O) groups is 2. The predicted octanol–water partition coefficient (Wildman–Crippen LogP) is 3.99. The van der Waals surface area contributed by atoms with E-state index >= 15 is 0 Å². The van der Waals surface area contributed by atoms with Gasteiger partial charge in [0.05, 0.1) is 20.9 Å². The van der Waals surface area contributed by atoms with Crippen LogP contribution in [0.5, 0.6) is 0 Å². The average Bonchev–Trinajstić information content (AvgIpc) is 2.70. The van der Waals surface area contributed by atoms with Crippen molar-refractivity contribution < 1.29 is 27.5 Å². The Morgan fingerprint density at radius 1 is 0.724 bits per heavy atom. The van der Waals surface area contributed by atoms with Gasteiger partial charge in [-0.15, -0.1) is 0 Å². The Balaban J connectivity index is 2.16. The molecule has 0 heterocycles. The Labute approximate surface area is 170 Å². The molecule has 7 heteroatoms. The van der Waals surface area contributed by atoms with Crippen LogP contribution in [0.3, 0.4) is 0 Å². The van der Waals surface area contributed by atoms with Crippen molar-refractivity contribution in [2.75, 3.05) is 13.2 Å². The molecule has 0 aliphatic rings. The van der Waals surface area contributed by atoms with Gasteiger partial charge in [-0.3, -0.25) is 0 Å². The van der Waals surface area contributed by atoms with Gasteiger partial charge in [0, 0.05) is 0 Å². The fourth-order valence-electron chi connectivity index (χ4n) is 2.22. The molecule has 0 fully saturated rings. The van der Waals surface area contributed by atoms with Crippen LogP contribution in [-0.4, -0.2) is 33.6 Å². The number of rotatable bonds is 8. The second kappa shape index (κ2) is 9.34. The Kier molecular flexibility index (Phi) is 7.12. The fourth-order valence-corrected chi connectivity index (χ4v) is 3.48. The number of carbonyl (C=O) groups excluding carboxylic acids is 2. The third-order valence-electron chi connectivity index (χ3n) is 3.70. The van der Waals surface area contributed by atoms with E-state index < -0.39 is 21.8 Å². The van der Waals surface area contributed by atoms with E-state index in [0.717, 1.165) is 0 Å². The third-order valence-corrected chi connectivity index (χ3v) is 5.49. The number of esters is 2. The first-order chi connectivity index (χ1) is 13.6. The first-order valence-electron chi connectivity index (χ1n) is 8.69. The number of sulfone groups is 1. The monoisotopic (exact) mass is 414 g/mol. The highest BCUT2D eigenvalue weighted by atomic mass is 32.2. The van der Waals surface area contributed by atoms with Gasteiger partial charge >= 0.3 is 11.9 Å². The molecule has 0 radical (unpaired) electrons. The maximum absolute atomic E-state index is 12.8. The summed E-state index contributed by atoms with van der Waals surface area (Å²) < 4.78 is 35.6. The van der Waals surface area contributed by atoms with Gasteiger partial charge in [-0.05, 0) is 73.5 Å². The molecule has 0 N–H and O–H groups in total. The molecular formula is C22H22O6S. The van der Waals surface area contributed by atoms with Crippen LogP contribution in [0.25, 0.3) is 0 Å². The predicted molar refractivity (Wildman–Crippen MR) is 109 cm³/mol. The molecule has 0 amide bonds. The Hall–Kier alpha value is -3.19. The largest absolute Gasteiger partial charge is 0.458 e. The van der Waals surface area contributed by atoms with Crippen LogP contribution in [0.4, 0.5) is 0 Å². The van der Waals surface area contributed by atoms with Crippen molar-refractivity contribution in [3.63, 3.8) is 0 Å². The van der Waals surface area contributed by atoms with Crippen LogP contribution in [0.2, 0.25) is 0 Å². The maximum Gasteiger partial charge on any atom is 0.338 e. The molecule has 2 aromatic carbocycles. The van der Waals surface area contributed by atoms with E-state index in [-0.39, 0.29) is 34.1 Å². The first-order valence-corrected chi connectivity index (χ1v) is 10.2. The second-order valence-electron chi connectivity index (χ2n) is 6.62. The molecule has 0 saturated carbocycles. The molecule has 2 aromatic rings. The van der Waals surface area contributed by atoms with Crippen LogP contribution in [0, 0.1) is 0 Å². The van der Waals surface area contributed by atoms with Gasteiger partial charge in [0.15, 0.2) is 0 Å². The lowest BCUT2D eigenvalue weighted by molar-refractivity contribution is 0.0531. The van der Waals surface area contributed by atoms with Crippen molar-refractivity contribution in [3.05, 3.63) is 84.0 Å². The number of ether oxygens (including phenoxy) is 2. The van der Waals surface area contributed by atoms with Gasteiger partial charge in [0.25, 0.3) is 0 Å². The highest BCUT2D eigenvalue weighted by Crippen LogP contribution is 2.22. The molecular weight excluding hydrogens is 392 g/mol. The van der Waals surface area contributed by atoms with Gasteiger partial charge < -0.3 is 9.47 Å². The Morgan fingerprint density at radius 3 is 1.31 bits per heavy atom. The molecule has 0 unspecified atom stereocenters. The van der Waals surface area contributed by atoms with Crippen molar-refractivity contribution in [2.24, 2.45) is 0 Å². The van der Waals surface area contributed by atoms with Gasteiger partial charge in [-0.2, -0.15) is 0 Å². The third kappa shape index (κ3) is 5.89. The molecule has 0 saturated heterocycles. The van der Waals surface area contributed by atoms with E-state index in [1.165, 1.54) is 48.5 Å². The zero-order valence-corrected chi connectivity index (χ0v) is 17.1. The molecule has 6 nitrogen and oxygen atoms in total. The summed E-state index contributed by atoms with van der Waals surface area (Å²) in [4.78, 5) is 23.9. The van der Waals surface area contributed by atoms with Crippen molar-refractivity contribution in [1.82, 2.24) is 0 Å². The summed E-state index contributed by atoms with van der Waals surface area (Å²) in [5.41, 5.74) is 1.87. The second-order valence-corrected chi connectivity index (χ2v) is 8.57. The minimum absolute atomic E-state index is 0.0200. The molecule has 0 aliphatic heterocycles. The van der Waals surface area contributed by atoms with Crippen LogP contribution in [0.15, 0.2) is 82.6 Å². The summed E-state index contributed by atoms with van der Waals surface area (Å²) >= 11 is 0. The summed E-state index contributed by atoms with van der Waals surface area (Å²) in [6, 6.07) is 10.9. The zero-order chi connectivity index (χ0) is 21.6. The van der Waals surface area contributed by atoms with Crippen LogP contribution < -0.4 is 0 Å². The number of benzene rings is 2. The first kappa shape index (κ1) is 22.1. The SMILES string of the molecule is C=C(C)COC(=O)c1ccc(S(=O)(=O)c2ccc(C(=O)OCC(=C)C)cc2)cc1. The number of hydrogen-bond acceptors (Lipinski definition) is 6. The number of hydrogen-bond donors (Lipinski definition) is 0. The Bertz CT molecular complexity index is 952. The van der Waals surface area contributed by atoms with E-state index in [0.29, 0.717) is 11.1 Å². The van der Waals surface area contributed by atoms with Crippen LogP contribution in [-0.2, 0) is 19.3 Å². The van der Waals surface area contributed by atoms with Gasteiger partial charge in [0.1, 0.15) is 13.2 Å².